The van der Waals surface area contributed by atoms with E-state index in [-0.39, 0.29) is 0 Å². The van der Waals surface area contributed by atoms with Gasteiger partial charge in [-0.2, -0.15) is 0 Å². The summed E-state index contributed by atoms with van der Waals surface area (Å²) < 4.78 is 0. The van der Waals surface area contributed by atoms with Gasteiger partial charge in [-0.05, 0) is 43.1 Å². The van der Waals surface area contributed by atoms with Crippen LogP contribution in [0.4, 0.5) is 0 Å². The van der Waals surface area contributed by atoms with Crippen LogP contribution in [0.2, 0.25) is 10.0 Å². The molecule has 90 valence electrons. The molecule has 0 spiro atoms. The summed E-state index contributed by atoms with van der Waals surface area (Å²) in [4.78, 5) is 0. The minimum absolute atomic E-state index is 0.725. The molecular weight excluding hydrogens is 264 g/mol. The van der Waals surface area contributed by atoms with Gasteiger partial charge >= 0.3 is 0 Å². The molecule has 0 heterocycles. The molecule has 0 aromatic heterocycles. The van der Waals surface area contributed by atoms with E-state index in [1.165, 1.54) is 6.42 Å². The number of rotatable bonds is 7. The molecule has 0 fully saturated rings. The van der Waals surface area contributed by atoms with E-state index in [9.17, 15) is 0 Å². The summed E-state index contributed by atoms with van der Waals surface area (Å²) in [5.74, 6) is 0.750. The molecule has 1 N–H and O–H groups in total. The molecule has 0 unspecified atom stereocenters. The smallest absolute Gasteiger partial charge is 0.0451 e. The third-order valence-electron chi connectivity index (χ3n) is 2.31. The van der Waals surface area contributed by atoms with Crippen molar-refractivity contribution in [1.29, 1.82) is 0 Å². The number of alkyl halides is 1. The molecule has 0 atom stereocenters. The number of nitrogens with one attached hydrogen (secondary N) is 1. The molecular formula is C12H16Cl3N. The van der Waals surface area contributed by atoms with Gasteiger partial charge in [0.25, 0.3) is 0 Å². The summed E-state index contributed by atoms with van der Waals surface area (Å²) in [6.45, 7) is 1.75. The second kappa shape index (κ2) is 8.19. The normalized spacial score (nSPS) is 10.7. The lowest BCUT2D eigenvalue weighted by Gasteiger charge is -2.06. The second-order valence-corrected chi connectivity index (χ2v) is 4.88. The molecule has 16 heavy (non-hydrogen) atoms. The van der Waals surface area contributed by atoms with E-state index in [1.54, 1.807) is 6.07 Å². The fourth-order valence-electron chi connectivity index (χ4n) is 1.42. The quantitative estimate of drug-likeness (QED) is 0.573. The van der Waals surface area contributed by atoms with Gasteiger partial charge in [0.1, 0.15) is 0 Å². The zero-order valence-electron chi connectivity index (χ0n) is 9.11. The first-order valence-corrected chi connectivity index (χ1v) is 6.73. The van der Waals surface area contributed by atoms with Gasteiger partial charge in [0.2, 0.25) is 0 Å². The molecule has 1 nitrogen and oxygen atoms in total. The van der Waals surface area contributed by atoms with Crippen LogP contribution < -0.4 is 5.32 Å². The molecule has 0 saturated heterocycles. The standard InChI is InChI=1S/C12H16Cl3N/c13-6-2-1-3-7-16-9-10-8-11(14)4-5-12(10)15/h4-5,8,16H,1-3,6-7,9H2. The van der Waals surface area contributed by atoms with Gasteiger partial charge in [0.15, 0.2) is 0 Å². The molecule has 0 radical (unpaired) electrons. The summed E-state index contributed by atoms with van der Waals surface area (Å²) in [6, 6.07) is 5.53. The van der Waals surface area contributed by atoms with E-state index >= 15 is 0 Å². The number of hydrogen-bond acceptors (Lipinski definition) is 1. The van der Waals surface area contributed by atoms with Gasteiger partial charge in [-0.15, -0.1) is 11.6 Å². The van der Waals surface area contributed by atoms with E-state index in [0.29, 0.717) is 0 Å². The summed E-state index contributed by atoms with van der Waals surface area (Å²) in [5, 5.41) is 4.83. The molecule has 0 aliphatic heterocycles. The van der Waals surface area contributed by atoms with Gasteiger partial charge in [-0.25, -0.2) is 0 Å². The van der Waals surface area contributed by atoms with Crippen LogP contribution in [0.15, 0.2) is 18.2 Å². The van der Waals surface area contributed by atoms with Crippen LogP contribution in [-0.4, -0.2) is 12.4 Å². The third-order valence-corrected chi connectivity index (χ3v) is 3.18. The van der Waals surface area contributed by atoms with Crippen molar-refractivity contribution in [2.75, 3.05) is 12.4 Å². The summed E-state index contributed by atoms with van der Waals surface area (Å²) in [5.41, 5.74) is 1.05. The Kier molecular flexibility index (Phi) is 7.22. The SMILES string of the molecule is ClCCCCCNCc1cc(Cl)ccc1Cl. The number of halogens is 3. The molecule has 1 aromatic carbocycles. The van der Waals surface area contributed by atoms with Crippen molar-refractivity contribution in [3.63, 3.8) is 0 Å². The topological polar surface area (TPSA) is 12.0 Å². The first kappa shape index (κ1) is 14.1. The fourth-order valence-corrected chi connectivity index (χ4v) is 1.99. The highest BCUT2D eigenvalue weighted by atomic mass is 35.5. The van der Waals surface area contributed by atoms with Crippen molar-refractivity contribution >= 4 is 34.8 Å². The van der Waals surface area contributed by atoms with Gasteiger partial charge < -0.3 is 5.32 Å². The molecule has 4 heteroatoms. The summed E-state index contributed by atoms with van der Waals surface area (Å²) in [7, 11) is 0. The van der Waals surface area contributed by atoms with Crippen LogP contribution in [0, 0.1) is 0 Å². The van der Waals surface area contributed by atoms with E-state index in [0.717, 1.165) is 47.4 Å². The molecule has 0 aliphatic carbocycles. The van der Waals surface area contributed by atoms with E-state index < -0.39 is 0 Å². The lowest BCUT2D eigenvalue weighted by molar-refractivity contribution is 0.618. The predicted molar refractivity (Wildman–Crippen MR) is 72.7 cm³/mol. The van der Waals surface area contributed by atoms with Crippen molar-refractivity contribution in [3.05, 3.63) is 33.8 Å². The van der Waals surface area contributed by atoms with Crippen LogP contribution in [0.3, 0.4) is 0 Å². The van der Waals surface area contributed by atoms with Gasteiger partial charge in [0, 0.05) is 22.5 Å². The minimum atomic E-state index is 0.725. The Labute approximate surface area is 112 Å². The van der Waals surface area contributed by atoms with Gasteiger partial charge in [0.05, 0.1) is 0 Å². The van der Waals surface area contributed by atoms with E-state index in [1.807, 2.05) is 12.1 Å². The number of unbranched alkanes of at least 4 members (excludes halogenated alkanes) is 2. The zero-order valence-corrected chi connectivity index (χ0v) is 11.4. The summed E-state index contributed by atoms with van der Waals surface area (Å²) >= 11 is 17.5. The zero-order chi connectivity index (χ0) is 11.8. The van der Waals surface area contributed by atoms with Gasteiger partial charge in [-0.1, -0.05) is 29.6 Å². The molecule has 0 amide bonds. The Balaban J connectivity index is 2.23. The minimum Gasteiger partial charge on any atom is -0.313 e. The predicted octanol–water partition coefficient (Wildman–Crippen LogP) is 4.49. The third kappa shape index (κ3) is 5.40. The monoisotopic (exact) mass is 279 g/mol. The Morgan fingerprint density at radius 3 is 2.62 bits per heavy atom. The average Bonchev–Trinajstić information content (AvgIpc) is 2.28. The molecule has 0 saturated carbocycles. The maximum Gasteiger partial charge on any atom is 0.0451 e. The molecule has 1 aromatic rings. The lowest BCUT2D eigenvalue weighted by atomic mass is 10.2. The first-order valence-electron chi connectivity index (χ1n) is 5.44. The van der Waals surface area contributed by atoms with Crippen LogP contribution in [0.5, 0.6) is 0 Å². The maximum absolute atomic E-state index is 6.04. The van der Waals surface area contributed by atoms with E-state index in [4.69, 9.17) is 34.8 Å². The first-order chi connectivity index (χ1) is 7.74. The van der Waals surface area contributed by atoms with Crippen molar-refractivity contribution < 1.29 is 0 Å². The Morgan fingerprint density at radius 1 is 1.06 bits per heavy atom. The Morgan fingerprint density at radius 2 is 1.88 bits per heavy atom. The fraction of sp³-hybridized carbons (Fsp3) is 0.500. The Hall–Kier alpha value is 0.0500. The highest BCUT2D eigenvalue weighted by Crippen LogP contribution is 2.20. The lowest BCUT2D eigenvalue weighted by Crippen LogP contribution is -2.14. The highest BCUT2D eigenvalue weighted by molar-refractivity contribution is 6.33. The second-order valence-electron chi connectivity index (χ2n) is 3.66. The van der Waals surface area contributed by atoms with Crippen molar-refractivity contribution in [3.8, 4) is 0 Å². The maximum atomic E-state index is 6.04. The van der Waals surface area contributed by atoms with Crippen LogP contribution in [0.25, 0.3) is 0 Å². The number of hydrogen-bond donors (Lipinski definition) is 1. The molecule has 1 rings (SSSR count). The molecule has 0 bridgehead atoms. The van der Waals surface area contributed by atoms with E-state index in [2.05, 4.69) is 5.32 Å². The Bertz CT molecular complexity index is 315. The van der Waals surface area contributed by atoms with Crippen LogP contribution in [0.1, 0.15) is 24.8 Å². The van der Waals surface area contributed by atoms with Crippen molar-refractivity contribution in [1.82, 2.24) is 5.32 Å². The number of benzene rings is 1. The van der Waals surface area contributed by atoms with Crippen LogP contribution >= 0.6 is 34.8 Å². The average molecular weight is 281 g/mol. The van der Waals surface area contributed by atoms with Crippen LogP contribution in [-0.2, 0) is 6.54 Å². The van der Waals surface area contributed by atoms with Crippen molar-refractivity contribution in [2.45, 2.75) is 25.8 Å². The molecule has 0 aliphatic rings. The highest BCUT2D eigenvalue weighted by Gasteiger charge is 2.00. The van der Waals surface area contributed by atoms with Gasteiger partial charge in [-0.3, -0.25) is 0 Å². The summed E-state index contributed by atoms with van der Waals surface area (Å²) in [6.07, 6.45) is 3.39. The largest absolute Gasteiger partial charge is 0.313 e. The van der Waals surface area contributed by atoms with Crippen molar-refractivity contribution in [2.24, 2.45) is 0 Å².